The van der Waals surface area contributed by atoms with E-state index in [1.807, 2.05) is 20.8 Å². The number of nitrogens with zero attached hydrogens (tertiary/aromatic N) is 1. The number of rotatable bonds is 14. The summed E-state index contributed by atoms with van der Waals surface area (Å²) in [6.07, 6.45) is 0.930. The van der Waals surface area contributed by atoms with Gasteiger partial charge in [0.15, 0.2) is 0 Å². The van der Waals surface area contributed by atoms with Crippen molar-refractivity contribution in [1.82, 2.24) is 4.90 Å². The van der Waals surface area contributed by atoms with Gasteiger partial charge in [0.2, 0.25) is 0 Å². The number of hydrogen-bond donors (Lipinski definition) is 0. The molecule has 0 aromatic heterocycles. The maximum absolute atomic E-state index is 5.83. The first-order valence-electron chi connectivity index (χ1n) is 7.30. The summed E-state index contributed by atoms with van der Waals surface area (Å²) in [5.41, 5.74) is 0. The molecule has 0 aromatic carbocycles. The number of methoxy groups -OCH3 is 2. The second-order valence-corrected chi connectivity index (χ2v) is 7.05. The Labute approximate surface area is 124 Å². The third-order valence-corrected chi connectivity index (χ3v) is 5.82. The fourth-order valence-corrected chi connectivity index (χ4v) is 4.65. The van der Waals surface area contributed by atoms with Crippen molar-refractivity contribution in [3.8, 4) is 0 Å². The van der Waals surface area contributed by atoms with Gasteiger partial charge < -0.3 is 22.8 Å². The van der Waals surface area contributed by atoms with Crippen molar-refractivity contribution in [3.63, 3.8) is 0 Å². The van der Waals surface area contributed by atoms with Crippen LogP contribution in [0.4, 0.5) is 0 Å². The van der Waals surface area contributed by atoms with Crippen molar-refractivity contribution < 1.29 is 22.8 Å². The first-order valence-corrected chi connectivity index (χ1v) is 9.23. The molecule has 0 heterocycles. The smallest absolute Gasteiger partial charge is 0.374 e. The van der Waals surface area contributed by atoms with Crippen molar-refractivity contribution in [2.75, 3.05) is 54.0 Å². The van der Waals surface area contributed by atoms with E-state index in [4.69, 9.17) is 22.8 Å². The Hall–Kier alpha value is -0.0231. The highest BCUT2D eigenvalue weighted by molar-refractivity contribution is 6.60. The van der Waals surface area contributed by atoms with Gasteiger partial charge in [0, 0.05) is 46.6 Å². The largest absolute Gasteiger partial charge is 0.500 e. The van der Waals surface area contributed by atoms with Crippen LogP contribution in [0.15, 0.2) is 0 Å². The number of ether oxygens (including phenoxy) is 2. The van der Waals surface area contributed by atoms with Gasteiger partial charge in [0.05, 0.1) is 0 Å². The summed E-state index contributed by atoms with van der Waals surface area (Å²) in [6, 6.07) is 0.812. The normalized spacial score (nSPS) is 12.3. The van der Waals surface area contributed by atoms with Gasteiger partial charge in [-0.15, -0.1) is 0 Å². The summed E-state index contributed by atoms with van der Waals surface area (Å²) in [4.78, 5) is 2.09. The molecule has 0 unspecified atom stereocenters. The van der Waals surface area contributed by atoms with Gasteiger partial charge in [-0.2, -0.15) is 0 Å². The minimum Gasteiger partial charge on any atom is -0.374 e. The quantitative estimate of drug-likeness (QED) is 0.361. The molecule has 20 heavy (non-hydrogen) atoms. The van der Waals surface area contributed by atoms with E-state index in [-0.39, 0.29) is 0 Å². The van der Waals surface area contributed by atoms with Gasteiger partial charge in [-0.25, -0.2) is 0 Å². The maximum Gasteiger partial charge on any atom is 0.500 e. The molecule has 0 rings (SSSR count). The van der Waals surface area contributed by atoms with Crippen molar-refractivity contribution in [3.05, 3.63) is 0 Å². The molecular formula is C13H31NO5Si. The standard InChI is InChI=1S/C13H31NO5Si/c1-6-17-20(18-7-2,19-8-3)11-9-10-14(12-15-4)13-16-5/h6-13H2,1-5H3. The highest BCUT2D eigenvalue weighted by Crippen LogP contribution is 2.18. The van der Waals surface area contributed by atoms with E-state index in [1.165, 1.54) is 0 Å². The molecule has 0 saturated heterocycles. The van der Waals surface area contributed by atoms with Crippen LogP contribution in [-0.4, -0.2) is 67.8 Å². The summed E-state index contributed by atoms with van der Waals surface area (Å²) in [7, 11) is 0.849. The van der Waals surface area contributed by atoms with Crippen molar-refractivity contribution in [2.45, 2.75) is 33.2 Å². The summed E-state index contributed by atoms with van der Waals surface area (Å²) in [5, 5.41) is 0. The van der Waals surface area contributed by atoms with Crippen LogP contribution >= 0.6 is 0 Å². The molecule has 0 amide bonds. The Morgan fingerprint density at radius 3 is 1.60 bits per heavy atom. The molecule has 7 heteroatoms. The van der Waals surface area contributed by atoms with E-state index in [2.05, 4.69) is 4.90 Å². The highest BCUT2D eigenvalue weighted by atomic mass is 28.4. The zero-order chi connectivity index (χ0) is 15.3. The van der Waals surface area contributed by atoms with Crippen LogP contribution in [0.2, 0.25) is 6.04 Å². The minimum atomic E-state index is -2.52. The van der Waals surface area contributed by atoms with E-state index in [9.17, 15) is 0 Å². The maximum atomic E-state index is 5.83. The Balaban J connectivity index is 4.34. The van der Waals surface area contributed by atoms with Crippen LogP contribution in [0.25, 0.3) is 0 Å². The Kier molecular flexibility index (Phi) is 12.7. The summed E-state index contributed by atoms with van der Waals surface area (Å²) in [5.74, 6) is 0. The van der Waals surface area contributed by atoms with Crippen LogP contribution in [0.3, 0.4) is 0 Å². The molecule has 0 atom stereocenters. The average Bonchev–Trinajstić information content (AvgIpc) is 2.40. The van der Waals surface area contributed by atoms with Crippen molar-refractivity contribution >= 4 is 8.80 Å². The molecule has 6 nitrogen and oxygen atoms in total. The molecule has 0 aliphatic carbocycles. The topological polar surface area (TPSA) is 49.4 Å². The van der Waals surface area contributed by atoms with E-state index in [1.54, 1.807) is 14.2 Å². The third-order valence-electron chi connectivity index (χ3n) is 2.67. The van der Waals surface area contributed by atoms with E-state index < -0.39 is 8.80 Å². The second-order valence-electron chi connectivity index (χ2n) is 4.32. The Bertz CT molecular complexity index is 198. The lowest BCUT2D eigenvalue weighted by atomic mass is 10.4. The first kappa shape index (κ1) is 20.0. The molecule has 0 aliphatic heterocycles. The zero-order valence-corrected chi connectivity index (χ0v) is 14.6. The van der Waals surface area contributed by atoms with E-state index in [0.29, 0.717) is 33.3 Å². The first-order chi connectivity index (χ1) is 9.67. The van der Waals surface area contributed by atoms with Gasteiger partial charge in [0.1, 0.15) is 13.5 Å². The van der Waals surface area contributed by atoms with Gasteiger partial charge in [0.25, 0.3) is 0 Å². The van der Waals surface area contributed by atoms with Gasteiger partial charge >= 0.3 is 8.80 Å². The zero-order valence-electron chi connectivity index (χ0n) is 13.6. The lowest BCUT2D eigenvalue weighted by Gasteiger charge is -2.29. The molecule has 0 saturated carbocycles. The van der Waals surface area contributed by atoms with Gasteiger partial charge in [-0.3, -0.25) is 4.90 Å². The van der Waals surface area contributed by atoms with E-state index >= 15 is 0 Å². The van der Waals surface area contributed by atoms with Crippen molar-refractivity contribution in [1.29, 1.82) is 0 Å². The molecule has 122 valence electrons. The molecule has 0 bridgehead atoms. The summed E-state index contributed by atoms with van der Waals surface area (Å²) in [6.45, 7) is 9.75. The van der Waals surface area contributed by atoms with Gasteiger partial charge in [-0.05, 0) is 27.2 Å². The van der Waals surface area contributed by atoms with Crippen molar-refractivity contribution in [2.24, 2.45) is 0 Å². The predicted molar refractivity (Wildman–Crippen MR) is 80.5 cm³/mol. The molecule has 0 N–H and O–H groups in total. The molecule has 0 fully saturated rings. The van der Waals surface area contributed by atoms with Crippen LogP contribution in [-0.2, 0) is 22.8 Å². The molecule has 0 radical (unpaired) electrons. The minimum absolute atomic E-state index is 0.556. The van der Waals surface area contributed by atoms with E-state index in [0.717, 1.165) is 19.0 Å². The second kappa shape index (κ2) is 12.7. The van der Waals surface area contributed by atoms with Crippen LogP contribution in [0.1, 0.15) is 27.2 Å². The predicted octanol–water partition coefficient (Wildman–Crippen LogP) is 1.93. The SMILES string of the molecule is CCO[Si](CCCN(COC)COC)(OCC)OCC. The molecular weight excluding hydrogens is 278 g/mol. The Morgan fingerprint density at radius 2 is 1.25 bits per heavy atom. The lowest BCUT2D eigenvalue weighted by molar-refractivity contribution is -0.0143. The average molecular weight is 309 g/mol. The summed E-state index contributed by atoms with van der Waals surface area (Å²) >= 11 is 0. The molecule has 0 aliphatic rings. The fourth-order valence-electron chi connectivity index (χ4n) is 2.05. The summed E-state index contributed by atoms with van der Waals surface area (Å²) < 4.78 is 27.8. The van der Waals surface area contributed by atoms with Gasteiger partial charge in [-0.1, -0.05) is 0 Å². The highest BCUT2D eigenvalue weighted by Gasteiger charge is 2.39. The number of hydrogen-bond acceptors (Lipinski definition) is 6. The Morgan fingerprint density at radius 1 is 0.800 bits per heavy atom. The fraction of sp³-hybridized carbons (Fsp3) is 1.00. The molecule has 0 spiro atoms. The van der Waals surface area contributed by atoms with Crippen LogP contribution in [0, 0.1) is 0 Å². The third kappa shape index (κ3) is 8.31. The monoisotopic (exact) mass is 309 g/mol. The van der Waals surface area contributed by atoms with Crippen LogP contribution in [0.5, 0.6) is 0 Å². The van der Waals surface area contributed by atoms with Crippen LogP contribution < -0.4 is 0 Å². The molecule has 0 aromatic rings. The lowest BCUT2D eigenvalue weighted by Crippen LogP contribution is -2.46.